The molecule has 2 rings (SSSR count). The van der Waals surface area contributed by atoms with Gasteiger partial charge in [0, 0.05) is 4.83 Å². The Morgan fingerprint density at radius 1 is 1.22 bits per heavy atom. The topological polar surface area (TPSA) is 20.2 Å². The SMILES string of the molecule is O[C@@H]1[C@H]2CC[C@H](C2)[C@H]1Br. The van der Waals surface area contributed by atoms with Gasteiger partial charge in [-0.3, -0.25) is 0 Å². The first-order valence-corrected chi connectivity index (χ1v) is 4.53. The Bertz CT molecular complexity index is 108. The maximum Gasteiger partial charge on any atom is 0.0696 e. The van der Waals surface area contributed by atoms with E-state index in [1.54, 1.807) is 0 Å². The standard InChI is InChI=1S/C7H11BrO/c8-6-4-1-2-5(3-4)7(6)9/h4-7,9H,1-3H2/t4-,5+,6-,7-/m1/s1. The molecule has 4 atom stereocenters. The molecule has 9 heavy (non-hydrogen) atoms. The van der Waals surface area contributed by atoms with Crippen LogP contribution in [-0.4, -0.2) is 16.0 Å². The van der Waals surface area contributed by atoms with Gasteiger partial charge >= 0.3 is 0 Å². The molecule has 0 saturated heterocycles. The fourth-order valence-electron chi connectivity index (χ4n) is 2.19. The normalized spacial score (nSPS) is 56.7. The largest absolute Gasteiger partial charge is 0.392 e. The van der Waals surface area contributed by atoms with Gasteiger partial charge in [0.1, 0.15) is 0 Å². The van der Waals surface area contributed by atoms with Crippen molar-refractivity contribution in [3.63, 3.8) is 0 Å². The lowest BCUT2D eigenvalue weighted by molar-refractivity contribution is 0.121. The lowest BCUT2D eigenvalue weighted by atomic mass is 9.98. The predicted octanol–water partition coefficient (Wildman–Crippen LogP) is 1.54. The third-order valence-electron chi connectivity index (χ3n) is 2.77. The number of halogens is 1. The molecule has 0 heterocycles. The maximum atomic E-state index is 9.44. The van der Waals surface area contributed by atoms with E-state index in [1.807, 2.05) is 0 Å². The van der Waals surface area contributed by atoms with Gasteiger partial charge in [0.05, 0.1) is 6.10 Å². The fourth-order valence-corrected chi connectivity index (χ4v) is 3.10. The van der Waals surface area contributed by atoms with Crippen molar-refractivity contribution in [1.82, 2.24) is 0 Å². The number of hydrogen-bond acceptors (Lipinski definition) is 1. The highest BCUT2D eigenvalue weighted by Crippen LogP contribution is 2.47. The van der Waals surface area contributed by atoms with Crippen LogP contribution in [0, 0.1) is 11.8 Å². The summed E-state index contributed by atoms with van der Waals surface area (Å²) in [6, 6.07) is 0. The van der Waals surface area contributed by atoms with E-state index in [9.17, 15) is 5.11 Å². The van der Waals surface area contributed by atoms with E-state index in [1.165, 1.54) is 19.3 Å². The molecule has 52 valence electrons. The Hall–Kier alpha value is 0.440. The van der Waals surface area contributed by atoms with Gasteiger partial charge in [-0.25, -0.2) is 0 Å². The number of aliphatic hydroxyl groups excluding tert-OH is 1. The zero-order valence-electron chi connectivity index (χ0n) is 5.26. The second-order valence-corrected chi connectivity index (χ2v) is 4.33. The average Bonchev–Trinajstić information content (AvgIpc) is 2.37. The molecule has 0 radical (unpaired) electrons. The highest BCUT2D eigenvalue weighted by molar-refractivity contribution is 9.09. The minimum atomic E-state index is -0.0382. The summed E-state index contributed by atoms with van der Waals surface area (Å²) in [6.07, 6.45) is 3.81. The summed E-state index contributed by atoms with van der Waals surface area (Å²) in [4.78, 5) is 0.413. The Kier molecular flexibility index (Phi) is 1.34. The van der Waals surface area contributed by atoms with Gasteiger partial charge in [0.2, 0.25) is 0 Å². The Labute approximate surface area is 63.6 Å². The Morgan fingerprint density at radius 3 is 2.22 bits per heavy atom. The van der Waals surface area contributed by atoms with E-state index >= 15 is 0 Å². The van der Waals surface area contributed by atoms with Crippen LogP contribution in [0.2, 0.25) is 0 Å². The first-order chi connectivity index (χ1) is 4.29. The zero-order valence-corrected chi connectivity index (χ0v) is 6.84. The fraction of sp³-hybridized carbons (Fsp3) is 1.00. The Morgan fingerprint density at radius 2 is 1.89 bits per heavy atom. The number of alkyl halides is 1. The first kappa shape index (κ1) is 6.17. The van der Waals surface area contributed by atoms with Crippen LogP contribution in [0.15, 0.2) is 0 Å². The molecule has 2 bridgehead atoms. The van der Waals surface area contributed by atoms with Crippen molar-refractivity contribution >= 4 is 15.9 Å². The molecule has 0 aliphatic heterocycles. The predicted molar refractivity (Wildman–Crippen MR) is 39.6 cm³/mol. The second-order valence-electron chi connectivity index (χ2n) is 3.27. The molecule has 0 unspecified atom stereocenters. The molecule has 2 fully saturated rings. The van der Waals surface area contributed by atoms with Gasteiger partial charge in [-0.2, -0.15) is 0 Å². The van der Waals surface area contributed by atoms with Gasteiger partial charge < -0.3 is 5.11 Å². The number of rotatable bonds is 0. The van der Waals surface area contributed by atoms with Crippen molar-refractivity contribution < 1.29 is 5.11 Å². The van der Waals surface area contributed by atoms with Crippen LogP contribution in [-0.2, 0) is 0 Å². The molecule has 0 aromatic heterocycles. The smallest absolute Gasteiger partial charge is 0.0696 e. The van der Waals surface area contributed by atoms with E-state index < -0.39 is 0 Å². The summed E-state index contributed by atoms with van der Waals surface area (Å²) in [5.74, 6) is 1.41. The minimum Gasteiger partial charge on any atom is -0.392 e. The molecular weight excluding hydrogens is 180 g/mol. The summed E-state index contributed by atoms with van der Waals surface area (Å²) < 4.78 is 0. The van der Waals surface area contributed by atoms with Crippen molar-refractivity contribution in [3.05, 3.63) is 0 Å². The van der Waals surface area contributed by atoms with E-state index in [-0.39, 0.29) is 6.10 Å². The highest BCUT2D eigenvalue weighted by Gasteiger charge is 2.45. The van der Waals surface area contributed by atoms with Crippen LogP contribution < -0.4 is 0 Å². The molecule has 0 aromatic rings. The van der Waals surface area contributed by atoms with Crippen LogP contribution in [0.3, 0.4) is 0 Å². The van der Waals surface area contributed by atoms with Crippen molar-refractivity contribution in [3.8, 4) is 0 Å². The zero-order chi connectivity index (χ0) is 6.43. The molecular formula is C7H11BrO. The van der Waals surface area contributed by atoms with Crippen molar-refractivity contribution in [2.24, 2.45) is 11.8 Å². The second kappa shape index (κ2) is 1.96. The lowest BCUT2D eigenvalue weighted by Crippen LogP contribution is -2.26. The molecule has 0 amide bonds. The van der Waals surface area contributed by atoms with Gasteiger partial charge in [0.25, 0.3) is 0 Å². The maximum absolute atomic E-state index is 9.44. The molecule has 2 aliphatic carbocycles. The van der Waals surface area contributed by atoms with Crippen LogP contribution in [0.4, 0.5) is 0 Å². The third kappa shape index (κ3) is 0.761. The van der Waals surface area contributed by atoms with Gasteiger partial charge in [-0.15, -0.1) is 0 Å². The molecule has 1 N–H and O–H groups in total. The third-order valence-corrected chi connectivity index (χ3v) is 4.06. The quantitative estimate of drug-likeness (QED) is 0.576. The van der Waals surface area contributed by atoms with E-state index in [0.29, 0.717) is 10.7 Å². The minimum absolute atomic E-state index is 0.0382. The highest BCUT2D eigenvalue weighted by atomic mass is 79.9. The van der Waals surface area contributed by atoms with Crippen molar-refractivity contribution in [2.45, 2.75) is 30.2 Å². The van der Waals surface area contributed by atoms with Gasteiger partial charge in [0.15, 0.2) is 0 Å². The van der Waals surface area contributed by atoms with Crippen LogP contribution in [0.1, 0.15) is 19.3 Å². The molecule has 1 nitrogen and oxygen atoms in total. The summed E-state index contributed by atoms with van der Waals surface area (Å²) in [7, 11) is 0. The summed E-state index contributed by atoms with van der Waals surface area (Å²) >= 11 is 3.51. The van der Waals surface area contributed by atoms with Crippen molar-refractivity contribution in [1.29, 1.82) is 0 Å². The van der Waals surface area contributed by atoms with E-state index in [4.69, 9.17) is 0 Å². The first-order valence-electron chi connectivity index (χ1n) is 3.61. The number of fused-ring (bicyclic) bond motifs is 2. The van der Waals surface area contributed by atoms with E-state index in [2.05, 4.69) is 15.9 Å². The summed E-state index contributed by atoms with van der Waals surface area (Å²) in [6.45, 7) is 0. The van der Waals surface area contributed by atoms with Crippen LogP contribution in [0.25, 0.3) is 0 Å². The van der Waals surface area contributed by atoms with E-state index in [0.717, 1.165) is 5.92 Å². The van der Waals surface area contributed by atoms with Crippen LogP contribution in [0.5, 0.6) is 0 Å². The summed E-state index contributed by atoms with van der Waals surface area (Å²) in [5, 5.41) is 9.44. The molecule has 0 spiro atoms. The average molecular weight is 191 g/mol. The Balaban J connectivity index is 2.15. The molecule has 2 saturated carbocycles. The lowest BCUT2D eigenvalue weighted by Gasteiger charge is -2.21. The molecule has 2 heteroatoms. The summed E-state index contributed by atoms with van der Waals surface area (Å²) in [5.41, 5.74) is 0. The van der Waals surface area contributed by atoms with Gasteiger partial charge in [-0.1, -0.05) is 15.9 Å². The van der Waals surface area contributed by atoms with Gasteiger partial charge in [-0.05, 0) is 31.1 Å². The number of hydrogen-bond donors (Lipinski definition) is 1. The molecule has 0 aromatic carbocycles. The number of aliphatic hydroxyl groups is 1. The monoisotopic (exact) mass is 190 g/mol. The molecule has 2 aliphatic rings. The van der Waals surface area contributed by atoms with Crippen molar-refractivity contribution in [2.75, 3.05) is 0 Å². The van der Waals surface area contributed by atoms with Crippen LogP contribution >= 0.6 is 15.9 Å².